The van der Waals surface area contributed by atoms with Gasteiger partial charge in [0.2, 0.25) is 5.96 Å². The Bertz CT molecular complexity index is 948. The maximum absolute atomic E-state index is 13.0. The molecule has 31 heavy (non-hydrogen) atoms. The molecule has 0 saturated heterocycles. The van der Waals surface area contributed by atoms with Gasteiger partial charge in [-0.3, -0.25) is 0 Å². The smallest absolute Gasteiger partial charge is 0.367 e. The van der Waals surface area contributed by atoms with Gasteiger partial charge in [-0.15, -0.1) is 5.10 Å². The lowest BCUT2D eigenvalue weighted by atomic mass is 10.1. The monoisotopic (exact) mass is 443 g/mol. The van der Waals surface area contributed by atoms with Gasteiger partial charge in [0.1, 0.15) is 0 Å². The summed E-state index contributed by atoms with van der Waals surface area (Å²) >= 11 is 0. The maximum Gasteiger partial charge on any atom is 0.416 e. The van der Waals surface area contributed by atoms with Crippen molar-refractivity contribution in [3.05, 3.63) is 70.8 Å². The van der Waals surface area contributed by atoms with Crippen molar-refractivity contribution in [2.75, 3.05) is 6.67 Å². The minimum absolute atomic E-state index is 0.179. The lowest BCUT2D eigenvalue weighted by Crippen LogP contribution is -2.26. The van der Waals surface area contributed by atoms with Gasteiger partial charge >= 0.3 is 6.18 Å². The molecule has 0 atom stereocenters. The molecule has 2 aromatic rings. The zero-order chi connectivity index (χ0) is 23.1. The first-order valence-corrected chi connectivity index (χ1v) is 8.87. The van der Waals surface area contributed by atoms with E-state index >= 15 is 0 Å². The Morgan fingerprint density at radius 3 is 2.13 bits per heavy atom. The molecule has 0 unspecified atom stereocenters. The highest BCUT2D eigenvalue weighted by Crippen LogP contribution is 2.29. The third-order valence-electron chi connectivity index (χ3n) is 3.97. The van der Waals surface area contributed by atoms with Crippen LogP contribution >= 0.6 is 0 Å². The second-order valence-corrected chi connectivity index (χ2v) is 6.52. The molecule has 2 rings (SSSR count). The largest absolute Gasteiger partial charge is 0.416 e. The van der Waals surface area contributed by atoms with Crippen LogP contribution in [0, 0.1) is 0 Å². The summed E-state index contributed by atoms with van der Waals surface area (Å²) in [7, 11) is 0. The third-order valence-corrected chi connectivity index (χ3v) is 3.97. The zero-order valence-electron chi connectivity index (χ0n) is 16.3. The van der Waals surface area contributed by atoms with E-state index in [0.29, 0.717) is 16.8 Å². The van der Waals surface area contributed by atoms with Gasteiger partial charge in [-0.05, 0) is 35.7 Å². The number of nitrogens with two attached hydrogens (primary N) is 1. The molecule has 0 aromatic heterocycles. The van der Waals surface area contributed by atoms with Crippen molar-refractivity contribution in [1.29, 1.82) is 0 Å². The summed E-state index contributed by atoms with van der Waals surface area (Å²) in [5, 5.41) is 11.3. The Balaban J connectivity index is 1.94. The van der Waals surface area contributed by atoms with Crippen molar-refractivity contribution in [2.24, 2.45) is 21.0 Å². The van der Waals surface area contributed by atoms with Gasteiger partial charge in [-0.25, -0.2) is 18.6 Å². The van der Waals surface area contributed by atoms with Crippen LogP contribution in [-0.2, 0) is 12.6 Å². The summed E-state index contributed by atoms with van der Waals surface area (Å²) in [5.41, 5.74) is 8.85. The number of rotatable bonds is 7. The summed E-state index contributed by atoms with van der Waals surface area (Å²) in [4.78, 5) is 0. The number of nitrogens with zero attached hydrogens (tertiary/aromatic N) is 3. The molecule has 5 nitrogen and oxygen atoms in total. The standard InChI is InChI=1S/C20H19F6N5/c1-13(16-6-8-17(9-7-16)20(24,25)26)29-31-18(27)30-28-11-15-4-2-14(3-5-15)10-19(22,23)12-21/h2-9,11H,10,12H2,1H3,(H3,27,30,31)/b28-11+,29-13+. The fourth-order valence-electron chi connectivity index (χ4n) is 2.35. The summed E-state index contributed by atoms with van der Waals surface area (Å²) in [6.07, 6.45) is -3.77. The summed E-state index contributed by atoms with van der Waals surface area (Å²) < 4.78 is 76.0. The lowest BCUT2D eigenvalue weighted by molar-refractivity contribution is -0.137. The van der Waals surface area contributed by atoms with E-state index in [9.17, 15) is 26.3 Å². The highest BCUT2D eigenvalue weighted by Gasteiger charge is 2.30. The number of hydrogen-bond donors (Lipinski definition) is 2. The highest BCUT2D eigenvalue weighted by molar-refractivity contribution is 5.99. The predicted molar refractivity (Wildman–Crippen MR) is 107 cm³/mol. The molecule has 0 aliphatic rings. The fraction of sp³-hybridized carbons (Fsp3) is 0.250. The van der Waals surface area contributed by atoms with Crippen molar-refractivity contribution >= 4 is 17.9 Å². The Morgan fingerprint density at radius 2 is 1.58 bits per heavy atom. The Morgan fingerprint density at radius 1 is 0.968 bits per heavy atom. The zero-order valence-corrected chi connectivity index (χ0v) is 16.3. The number of benzene rings is 2. The first-order valence-electron chi connectivity index (χ1n) is 8.87. The maximum atomic E-state index is 13.0. The van der Waals surface area contributed by atoms with E-state index < -0.39 is 30.8 Å². The Hall–Kier alpha value is -3.37. The average Bonchev–Trinajstić information content (AvgIpc) is 2.72. The number of guanidine groups is 1. The molecule has 0 saturated carbocycles. The Labute approximate surface area is 174 Å². The van der Waals surface area contributed by atoms with Crippen LogP contribution in [0.5, 0.6) is 0 Å². The topological polar surface area (TPSA) is 75.1 Å². The van der Waals surface area contributed by atoms with E-state index in [4.69, 9.17) is 5.73 Å². The SMILES string of the molecule is C/C(=N\N=C(N)N/N=C/c1ccc(CC(F)(F)CF)cc1)c1ccc(C(F)(F)F)cc1. The number of hydrogen-bond acceptors (Lipinski definition) is 3. The molecular formula is C20H19F6N5. The second-order valence-electron chi connectivity index (χ2n) is 6.52. The minimum Gasteiger partial charge on any atom is -0.367 e. The summed E-state index contributed by atoms with van der Waals surface area (Å²) in [5.74, 6) is -3.58. The summed E-state index contributed by atoms with van der Waals surface area (Å²) in [6, 6.07) is 10.3. The molecule has 0 heterocycles. The van der Waals surface area contributed by atoms with Gasteiger partial charge in [-0.2, -0.15) is 23.4 Å². The molecular weight excluding hydrogens is 424 g/mol. The van der Waals surface area contributed by atoms with Crippen LogP contribution in [0.3, 0.4) is 0 Å². The van der Waals surface area contributed by atoms with Crippen LogP contribution in [0.25, 0.3) is 0 Å². The normalized spacial score (nSPS) is 13.6. The highest BCUT2D eigenvalue weighted by atomic mass is 19.4. The van der Waals surface area contributed by atoms with Gasteiger partial charge < -0.3 is 5.73 Å². The number of halogens is 6. The number of alkyl halides is 6. The quantitative estimate of drug-likeness (QED) is 0.286. The molecule has 0 fully saturated rings. The van der Waals surface area contributed by atoms with Crippen LogP contribution in [0.15, 0.2) is 63.8 Å². The van der Waals surface area contributed by atoms with Crippen LogP contribution in [0.2, 0.25) is 0 Å². The van der Waals surface area contributed by atoms with E-state index in [1.807, 2.05) is 0 Å². The van der Waals surface area contributed by atoms with Crippen LogP contribution in [0.1, 0.15) is 29.2 Å². The molecule has 0 aliphatic heterocycles. The van der Waals surface area contributed by atoms with Crippen LogP contribution < -0.4 is 11.2 Å². The van der Waals surface area contributed by atoms with Gasteiger partial charge in [-0.1, -0.05) is 36.4 Å². The molecule has 166 valence electrons. The molecule has 0 radical (unpaired) electrons. The van der Waals surface area contributed by atoms with Gasteiger partial charge in [0.05, 0.1) is 17.5 Å². The fourth-order valence-corrected chi connectivity index (χ4v) is 2.35. The average molecular weight is 443 g/mol. The molecule has 0 bridgehead atoms. The minimum atomic E-state index is -4.42. The van der Waals surface area contributed by atoms with Crippen LogP contribution in [-0.4, -0.2) is 30.5 Å². The van der Waals surface area contributed by atoms with E-state index in [-0.39, 0.29) is 11.5 Å². The molecule has 2 aromatic carbocycles. The second kappa shape index (κ2) is 10.1. The molecule has 0 amide bonds. The van der Waals surface area contributed by atoms with Gasteiger partial charge in [0.25, 0.3) is 5.92 Å². The van der Waals surface area contributed by atoms with E-state index in [2.05, 4.69) is 20.7 Å². The molecule has 3 N–H and O–H groups in total. The molecule has 0 spiro atoms. The third kappa shape index (κ3) is 7.76. The van der Waals surface area contributed by atoms with Gasteiger partial charge in [0, 0.05) is 6.42 Å². The molecule has 11 heteroatoms. The van der Waals surface area contributed by atoms with Crippen molar-refractivity contribution in [2.45, 2.75) is 25.4 Å². The van der Waals surface area contributed by atoms with E-state index in [1.54, 1.807) is 6.92 Å². The van der Waals surface area contributed by atoms with Crippen molar-refractivity contribution in [3.8, 4) is 0 Å². The number of hydrazone groups is 1. The number of nitrogens with one attached hydrogen (secondary N) is 1. The van der Waals surface area contributed by atoms with Crippen molar-refractivity contribution in [1.82, 2.24) is 5.43 Å². The predicted octanol–water partition coefficient (Wildman–Crippen LogP) is 4.52. The van der Waals surface area contributed by atoms with E-state index in [0.717, 1.165) is 12.1 Å². The van der Waals surface area contributed by atoms with Crippen molar-refractivity contribution < 1.29 is 26.3 Å². The van der Waals surface area contributed by atoms with E-state index in [1.165, 1.54) is 42.6 Å². The first-order chi connectivity index (χ1) is 14.5. The van der Waals surface area contributed by atoms with Gasteiger partial charge in [0.15, 0.2) is 6.67 Å². The lowest BCUT2D eigenvalue weighted by Gasteiger charge is -2.11. The van der Waals surface area contributed by atoms with Crippen molar-refractivity contribution in [3.63, 3.8) is 0 Å². The first kappa shape index (κ1) is 23.9. The Kier molecular flexibility index (Phi) is 7.78. The molecule has 0 aliphatic carbocycles. The van der Waals surface area contributed by atoms with Crippen LogP contribution in [0.4, 0.5) is 26.3 Å². The summed E-state index contributed by atoms with van der Waals surface area (Å²) in [6.45, 7) is -0.170.